The normalized spacial score (nSPS) is 10.8. The first-order valence-electron chi connectivity index (χ1n) is 4.51. The third-order valence-electron chi connectivity index (χ3n) is 2.19. The maximum atomic E-state index is 9.87. The fourth-order valence-electron chi connectivity index (χ4n) is 1.48. The molecule has 0 bridgehead atoms. The summed E-state index contributed by atoms with van der Waals surface area (Å²) in [5.41, 5.74) is 0.443. The van der Waals surface area contributed by atoms with Gasteiger partial charge in [-0.15, -0.1) is 0 Å². The molecule has 1 aromatic heterocycles. The molecule has 0 fully saturated rings. The van der Waals surface area contributed by atoms with Crippen LogP contribution in [0.15, 0.2) is 16.9 Å². The van der Waals surface area contributed by atoms with E-state index in [0.29, 0.717) is 26.2 Å². The van der Waals surface area contributed by atoms with E-state index in [0.717, 1.165) is 0 Å². The molecule has 1 heterocycles. The Morgan fingerprint density at radius 3 is 2.69 bits per heavy atom. The number of aromatic hydroxyl groups is 1. The van der Waals surface area contributed by atoms with Crippen LogP contribution < -0.4 is 4.90 Å². The Morgan fingerprint density at radius 2 is 2.06 bits per heavy atom. The lowest BCUT2D eigenvalue weighted by molar-refractivity contribution is 0.477. The molecule has 16 heavy (non-hydrogen) atoms. The van der Waals surface area contributed by atoms with E-state index >= 15 is 0 Å². The van der Waals surface area contributed by atoms with Gasteiger partial charge in [-0.2, -0.15) is 0 Å². The van der Waals surface area contributed by atoms with E-state index in [1.807, 2.05) is 19.0 Å². The molecule has 0 aliphatic carbocycles. The third kappa shape index (κ3) is 1.70. The topological polar surface area (TPSA) is 49.2 Å². The van der Waals surface area contributed by atoms with Crippen LogP contribution in [0.5, 0.6) is 5.75 Å². The zero-order valence-electron chi connectivity index (χ0n) is 8.70. The van der Waals surface area contributed by atoms with Gasteiger partial charge in [-0.25, -0.2) is 9.97 Å². The maximum absolute atomic E-state index is 9.87. The molecule has 1 aromatic carbocycles. The lowest BCUT2D eigenvalue weighted by Crippen LogP contribution is -2.11. The van der Waals surface area contributed by atoms with Crippen molar-refractivity contribution in [3.8, 4) is 5.75 Å². The Bertz CT molecular complexity index is 559. The zero-order valence-corrected chi connectivity index (χ0v) is 11.0. The summed E-state index contributed by atoms with van der Waals surface area (Å²) in [6.45, 7) is 0. The van der Waals surface area contributed by atoms with E-state index in [1.165, 1.54) is 6.33 Å². The first-order valence-corrected chi connectivity index (χ1v) is 5.68. The number of anilines is 1. The van der Waals surface area contributed by atoms with Crippen LogP contribution in [-0.2, 0) is 0 Å². The van der Waals surface area contributed by atoms with Crippen molar-refractivity contribution in [1.82, 2.24) is 9.97 Å². The van der Waals surface area contributed by atoms with Gasteiger partial charge >= 0.3 is 0 Å². The molecular weight excluding hydrogens is 293 g/mol. The van der Waals surface area contributed by atoms with Gasteiger partial charge in [0.05, 0.1) is 14.9 Å². The van der Waals surface area contributed by atoms with Crippen LogP contribution in [0.1, 0.15) is 0 Å². The predicted octanol–water partition coefficient (Wildman–Crippen LogP) is 2.82. The van der Waals surface area contributed by atoms with Crippen molar-refractivity contribution >= 4 is 44.3 Å². The van der Waals surface area contributed by atoms with Crippen molar-refractivity contribution in [2.24, 2.45) is 0 Å². The number of aromatic nitrogens is 2. The minimum Gasteiger partial charge on any atom is -0.505 e. The molecule has 0 atom stereocenters. The summed E-state index contributed by atoms with van der Waals surface area (Å²) in [5.74, 6) is 0.753. The highest BCUT2D eigenvalue weighted by atomic mass is 79.9. The van der Waals surface area contributed by atoms with Crippen LogP contribution in [0, 0.1) is 0 Å². The largest absolute Gasteiger partial charge is 0.505 e. The summed E-state index contributed by atoms with van der Waals surface area (Å²) in [6.07, 6.45) is 1.40. The summed E-state index contributed by atoms with van der Waals surface area (Å²) in [6, 6.07) is 1.63. The number of fused-ring (bicyclic) bond motifs is 1. The number of phenolic OH excluding ortho intramolecular Hbond substituents is 1. The SMILES string of the molecule is CN(C)c1ncnc2c(O)c(Br)cc(Cl)c12. The summed E-state index contributed by atoms with van der Waals surface area (Å²) in [7, 11) is 3.72. The molecule has 6 heteroatoms. The van der Waals surface area contributed by atoms with Crippen molar-refractivity contribution in [2.45, 2.75) is 0 Å². The van der Waals surface area contributed by atoms with Gasteiger partial charge < -0.3 is 10.0 Å². The Balaban J connectivity index is 2.93. The number of benzene rings is 1. The monoisotopic (exact) mass is 301 g/mol. The molecule has 0 saturated heterocycles. The molecule has 1 N–H and O–H groups in total. The molecule has 84 valence electrons. The Labute approximate surface area is 106 Å². The average Bonchev–Trinajstić information content (AvgIpc) is 2.25. The van der Waals surface area contributed by atoms with Gasteiger partial charge in [0.1, 0.15) is 17.7 Å². The first-order chi connectivity index (χ1) is 7.52. The number of nitrogens with zero attached hydrogens (tertiary/aromatic N) is 3. The van der Waals surface area contributed by atoms with E-state index in [-0.39, 0.29) is 5.75 Å². The van der Waals surface area contributed by atoms with Crippen LogP contribution in [0.25, 0.3) is 10.9 Å². The smallest absolute Gasteiger partial charge is 0.156 e. The molecular formula is C10H9BrClN3O. The lowest BCUT2D eigenvalue weighted by Gasteiger charge is -2.15. The number of halogens is 2. The molecule has 0 aliphatic rings. The van der Waals surface area contributed by atoms with Crippen LogP contribution >= 0.6 is 27.5 Å². The third-order valence-corrected chi connectivity index (χ3v) is 3.10. The van der Waals surface area contributed by atoms with Crippen LogP contribution in [-0.4, -0.2) is 29.2 Å². The summed E-state index contributed by atoms with van der Waals surface area (Å²) in [5, 5.41) is 11.0. The highest BCUT2D eigenvalue weighted by molar-refractivity contribution is 9.10. The van der Waals surface area contributed by atoms with Crippen LogP contribution in [0.4, 0.5) is 5.82 Å². The van der Waals surface area contributed by atoms with E-state index in [9.17, 15) is 5.11 Å². The summed E-state index contributed by atoms with van der Waals surface area (Å²) >= 11 is 9.36. The van der Waals surface area contributed by atoms with Crippen molar-refractivity contribution < 1.29 is 5.11 Å². The average molecular weight is 303 g/mol. The Morgan fingerprint density at radius 1 is 1.38 bits per heavy atom. The van der Waals surface area contributed by atoms with Gasteiger partial charge in [0.15, 0.2) is 5.75 Å². The highest BCUT2D eigenvalue weighted by Gasteiger charge is 2.15. The van der Waals surface area contributed by atoms with Crippen molar-refractivity contribution in [2.75, 3.05) is 19.0 Å². The minimum absolute atomic E-state index is 0.0740. The second-order valence-electron chi connectivity index (χ2n) is 3.50. The number of rotatable bonds is 1. The Hall–Kier alpha value is -1.07. The van der Waals surface area contributed by atoms with Crippen molar-refractivity contribution in [1.29, 1.82) is 0 Å². The lowest BCUT2D eigenvalue weighted by atomic mass is 10.2. The molecule has 0 saturated carbocycles. The quantitative estimate of drug-likeness (QED) is 0.880. The first kappa shape index (κ1) is 11.4. The minimum atomic E-state index is 0.0740. The van der Waals surface area contributed by atoms with Gasteiger partial charge in [-0.05, 0) is 22.0 Å². The predicted molar refractivity (Wildman–Crippen MR) is 68.2 cm³/mol. The number of hydrogen-bond donors (Lipinski definition) is 1. The van der Waals surface area contributed by atoms with E-state index in [2.05, 4.69) is 25.9 Å². The molecule has 2 aromatic rings. The van der Waals surface area contributed by atoms with Gasteiger partial charge in [0.2, 0.25) is 0 Å². The van der Waals surface area contributed by atoms with E-state index in [1.54, 1.807) is 6.07 Å². The number of hydrogen-bond acceptors (Lipinski definition) is 4. The van der Waals surface area contributed by atoms with Gasteiger partial charge in [0, 0.05) is 14.1 Å². The standard InChI is InChI=1S/C10H9BrClN3O/c1-15(2)10-7-6(12)3-5(11)9(16)8(7)13-4-14-10/h3-4,16H,1-2H3. The maximum Gasteiger partial charge on any atom is 0.156 e. The fourth-order valence-corrected chi connectivity index (χ4v) is 2.31. The van der Waals surface area contributed by atoms with Crippen LogP contribution in [0.2, 0.25) is 5.02 Å². The fraction of sp³-hybridized carbons (Fsp3) is 0.200. The second-order valence-corrected chi connectivity index (χ2v) is 4.77. The molecule has 2 rings (SSSR count). The summed E-state index contributed by atoms with van der Waals surface area (Å²) < 4.78 is 0.522. The van der Waals surface area contributed by atoms with Crippen molar-refractivity contribution in [3.05, 3.63) is 21.9 Å². The molecule has 4 nitrogen and oxygen atoms in total. The van der Waals surface area contributed by atoms with Crippen molar-refractivity contribution in [3.63, 3.8) is 0 Å². The molecule has 0 radical (unpaired) electrons. The van der Waals surface area contributed by atoms with Crippen LogP contribution in [0.3, 0.4) is 0 Å². The van der Waals surface area contributed by atoms with Gasteiger partial charge in [-0.1, -0.05) is 11.6 Å². The van der Waals surface area contributed by atoms with E-state index < -0.39 is 0 Å². The van der Waals surface area contributed by atoms with Gasteiger partial charge in [-0.3, -0.25) is 0 Å². The Kier molecular flexibility index (Phi) is 2.90. The molecule has 0 unspecified atom stereocenters. The van der Waals surface area contributed by atoms with E-state index in [4.69, 9.17) is 11.6 Å². The molecule has 0 amide bonds. The summed E-state index contributed by atoms with van der Waals surface area (Å²) in [4.78, 5) is 10.0. The molecule has 0 spiro atoms. The zero-order chi connectivity index (χ0) is 11.9. The number of phenols is 1. The van der Waals surface area contributed by atoms with Gasteiger partial charge in [0.25, 0.3) is 0 Å². The molecule has 0 aliphatic heterocycles. The highest BCUT2D eigenvalue weighted by Crippen LogP contribution is 2.39. The second kappa shape index (κ2) is 4.07.